The lowest BCUT2D eigenvalue weighted by Crippen LogP contribution is -2.42. The number of nitrogens with one attached hydrogen (secondary N) is 2. The molecule has 1 aliphatic heterocycles. The molecule has 0 spiro atoms. The van der Waals surface area contributed by atoms with Crippen LogP contribution in [0.5, 0.6) is 0 Å². The van der Waals surface area contributed by atoms with Gasteiger partial charge in [0, 0.05) is 11.3 Å². The summed E-state index contributed by atoms with van der Waals surface area (Å²) < 4.78 is 0. The SMILES string of the molecule is CC(NC(=O)C1CCC(=O)N1)c1cccs1. The van der Waals surface area contributed by atoms with Crippen LogP contribution in [-0.4, -0.2) is 17.9 Å². The Bertz CT molecular complexity index is 389. The highest BCUT2D eigenvalue weighted by Crippen LogP contribution is 2.18. The van der Waals surface area contributed by atoms with E-state index in [1.165, 1.54) is 0 Å². The molecule has 4 nitrogen and oxygen atoms in total. The maximum Gasteiger partial charge on any atom is 0.243 e. The summed E-state index contributed by atoms with van der Waals surface area (Å²) in [5.74, 6) is -0.129. The molecule has 1 aromatic heterocycles. The van der Waals surface area contributed by atoms with E-state index in [9.17, 15) is 9.59 Å². The Labute approximate surface area is 98.0 Å². The quantitative estimate of drug-likeness (QED) is 0.831. The zero-order chi connectivity index (χ0) is 11.5. The van der Waals surface area contributed by atoms with Gasteiger partial charge in [-0.1, -0.05) is 6.07 Å². The number of carbonyl (C=O) groups is 2. The van der Waals surface area contributed by atoms with Crippen LogP contribution < -0.4 is 10.6 Å². The molecule has 2 atom stereocenters. The van der Waals surface area contributed by atoms with Gasteiger partial charge in [-0.25, -0.2) is 0 Å². The molecular weight excluding hydrogens is 224 g/mol. The number of hydrogen-bond acceptors (Lipinski definition) is 3. The Morgan fingerprint density at radius 1 is 1.69 bits per heavy atom. The van der Waals surface area contributed by atoms with Crippen molar-refractivity contribution in [1.29, 1.82) is 0 Å². The van der Waals surface area contributed by atoms with Gasteiger partial charge in [-0.05, 0) is 24.8 Å². The first-order valence-corrected chi connectivity index (χ1v) is 6.18. The van der Waals surface area contributed by atoms with Crippen molar-refractivity contribution in [3.63, 3.8) is 0 Å². The molecule has 2 N–H and O–H groups in total. The van der Waals surface area contributed by atoms with Gasteiger partial charge < -0.3 is 10.6 Å². The number of rotatable bonds is 3. The van der Waals surface area contributed by atoms with Gasteiger partial charge in [0.25, 0.3) is 0 Å². The molecule has 0 radical (unpaired) electrons. The Morgan fingerprint density at radius 2 is 2.50 bits per heavy atom. The highest BCUT2D eigenvalue weighted by atomic mass is 32.1. The first-order chi connectivity index (χ1) is 7.66. The molecule has 2 rings (SSSR count). The smallest absolute Gasteiger partial charge is 0.243 e. The van der Waals surface area contributed by atoms with Crippen LogP contribution in [0.1, 0.15) is 30.7 Å². The van der Waals surface area contributed by atoms with Crippen LogP contribution >= 0.6 is 11.3 Å². The summed E-state index contributed by atoms with van der Waals surface area (Å²) in [5.41, 5.74) is 0. The van der Waals surface area contributed by atoms with Gasteiger partial charge in [0.15, 0.2) is 0 Å². The lowest BCUT2D eigenvalue weighted by molar-refractivity contribution is -0.126. The van der Waals surface area contributed by atoms with Gasteiger partial charge in [0.2, 0.25) is 11.8 Å². The summed E-state index contributed by atoms with van der Waals surface area (Å²) in [5, 5.41) is 7.54. The van der Waals surface area contributed by atoms with Crippen molar-refractivity contribution in [2.24, 2.45) is 0 Å². The van der Waals surface area contributed by atoms with Crippen molar-refractivity contribution >= 4 is 23.2 Å². The maximum atomic E-state index is 11.8. The van der Waals surface area contributed by atoms with Crippen molar-refractivity contribution in [2.45, 2.75) is 31.8 Å². The first-order valence-electron chi connectivity index (χ1n) is 5.30. The summed E-state index contributed by atoms with van der Waals surface area (Å²) in [6.45, 7) is 1.94. The fourth-order valence-electron chi connectivity index (χ4n) is 1.73. The molecule has 1 aliphatic rings. The average molecular weight is 238 g/mol. The second-order valence-corrected chi connectivity index (χ2v) is 4.88. The lowest BCUT2D eigenvalue weighted by atomic mass is 10.2. The van der Waals surface area contributed by atoms with E-state index in [1.54, 1.807) is 11.3 Å². The van der Waals surface area contributed by atoms with Crippen LogP contribution in [0, 0.1) is 0 Å². The Morgan fingerprint density at radius 3 is 3.06 bits per heavy atom. The number of carbonyl (C=O) groups excluding carboxylic acids is 2. The van der Waals surface area contributed by atoms with E-state index in [-0.39, 0.29) is 23.9 Å². The Kier molecular flexibility index (Phi) is 3.24. The summed E-state index contributed by atoms with van der Waals surface area (Å²) in [6.07, 6.45) is 1.05. The highest BCUT2D eigenvalue weighted by molar-refractivity contribution is 7.10. The number of hydrogen-bond donors (Lipinski definition) is 2. The zero-order valence-electron chi connectivity index (χ0n) is 9.03. The summed E-state index contributed by atoms with van der Waals surface area (Å²) >= 11 is 1.61. The second kappa shape index (κ2) is 4.65. The molecule has 2 heterocycles. The minimum absolute atomic E-state index is 0.00463. The van der Waals surface area contributed by atoms with E-state index >= 15 is 0 Å². The third-order valence-electron chi connectivity index (χ3n) is 2.64. The van der Waals surface area contributed by atoms with Crippen LogP contribution in [-0.2, 0) is 9.59 Å². The normalized spacial score (nSPS) is 21.6. The van der Waals surface area contributed by atoms with Gasteiger partial charge in [0.05, 0.1) is 6.04 Å². The van der Waals surface area contributed by atoms with Crippen LogP contribution in [0.3, 0.4) is 0 Å². The molecule has 0 aromatic carbocycles. The molecular formula is C11H14N2O2S. The molecule has 0 aliphatic carbocycles. The van der Waals surface area contributed by atoms with E-state index in [1.807, 2.05) is 24.4 Å². The fraction of sp³-hybridized carbons (Fsp3) is 0.455. The summed E-state index contributed by atoms with van der Waals surface area (Å²) in [4.78, 5) is 23.9. The van der Waals surface area contributed by atoms with Gasteiger partial charge in [0.1, 0.15) is 6.04 Å². The minimum Gasteiger partial charge on any atom is -0.347 e. The third kappa shape index (κ3) is 2.41. The van der Waals surface area contributed by atoms with Crippen LogP contribution in [0.15, 0.2) is 17.5 Å². The predicted octanol–water partition coefficient (Wildman–Crippen LogP) is 1.20. The zero-order valence-corrected chi connectivity index (χ0v) is 9.84. The largest absolute Gasteiger partial charge is 0.347 e. The van der Waals surface area contributed by atoms with Crippen molar-refractivity contribution in [3.8, 4) is 0 Å². The summed E-state index contributed by atoms with van der Waals surface area (Å²) in [7, 11) is 0. The van der Waals surface area contributed by atoms with E-state index < -0.39 is 0 Å². The maximum absolute atomic E-state index is 11.8. The van der Waals surface area contributed by atoms with Crippen LogP contribution in [0.4, 0.5) is 0 Å². The second-order valence-electron chi connectivity index (χ2n) is 3.90. The first kappa shape index (κ1) is 11.1. The monoisotopic (exact) mass is 238 g/mol. The van der Waals surface area contributed by atoms with E-state index in [0.29, 0.717) is 12.8 Å². The highest BCUT2D eigenvalue weighted by Gasteiger charge is 2.27. The molecule has 0 saturated carbocycles. The predicted molar refractivity (Wildman–Crippen MR) is 62.0 cm³/mol. The summed E-state index contributed by atoms with van der Waals surface area (Å²) in [6, 6.07) is 3.60. The average Bonchev–Trinajstić information content (AvgIpc) is 2.87. The van der Waals surface area contributed by atoms with Crippen molar-refractivity contribution in [3.05, 3.63) is 22.4 Å². The molecule has 86 valence electrons. The number of amides is 2. The van der Waals surface area contributed by atoms with E-state index in [2.05, 4.69) is 10.6 Å². The van der Waals surface area contributed by atoms with E-state index in [4.69, 9.17) is 0 Å². The third-order valence-corrected chi connectivity index (χ3v) is 3.70. The molecule has 0 bridgehead atoms. The molecule has 1 fully saturated rings. The van der Waals surface area contributed by atoms with Crippen molar-refractivity contribution in [2.75, 3.05) is 0 Å². The van der Waals surface area contributed by atoms with Crippen molar-refractivity contribution in [1.82, 2.24) is 10.6 Å². The molecule has 1 aromatic rings. The van der Waals surface area contributed by atoms with Crippen LogP contribution in [0.2, 0.25) is 0 Å². The lowest BCUT2D eigenvalue weighted by Gasteiger charge is -2.15. The van der Waals surface area contributed by atoms with Gasteiger partial charge in [-0.15, -0.1) is 11.3 Å². The molecule has 5 heteroatoms. The van der Waals surface area contributed by atoms with E-state index in [0.717, 1.165) is 4.88 Å². The topological polar surface area (TPSA) is 58.2 Å². The standard InChI is InChI=1S/C11H14N2O2S/c1-7(9-3-2-6-16-9)12-11(15)8-4-5-10(14)13-8/h2-3,6-8H,4-5H2,1H3,(H,12,15)(H,13,14). The minimum atomic E-state index is -0.352. The van der Waals surface area contributed by atoms with Gasteiger partial charge in [-0.2, -0.15) is 0 Å². The van der Waals surface area contributed by atoms with Crippen LogP contribution in [0.25, 0.3) is 0 Å². The fourth-order valence-corrected chi connectivity index (χ4v) is 2.47. The Hall–Kier alpha value is -1.36. The molecule has 2 amide bonds. The number of thiophene rings is 1. The molecule has 2 unspecified atom stereocenters. The van der Waals surface area contributed by atoms with Gasteiger partial charge >= 0.3 is 0 Å². The molecule has 1 saturated heterocycles. The van der Waals surface area contributed by atoms with Crippen molar-refractivity contribution < 1.29 is 9.59 Å². The molecule has 16 heavy (non-hydrogen) atoms. The Balaban J connectivity index is 1.90. The van der Waals surface area contributed by atoms with Gasteiger partial charge in [-0.3, -0.25) is 9.59 Å².